The maximum Gasteiger partial charge on any atom is 0.234 e. The minimum atomic E-state index is 0.0500. The molecule has 1 saturated heterocycles. The molecule has 0 bridgehead atoms. The van der Waals surface area contributed by atoms with Gasteiger partial charge in [-0.2, -0.15) is 0 Å². The third-order valence-electron chi connectivity index (χ3n) is 3.34. The number of hydrogen-bond donors (Lipinski definition) is 2. The van der Waals surface area contributed by atoms with Crippen LogP contribution in [0.5, 0.6) is 0 Å². The van der Waals surface area contributed by atoms with Crippen molar-refractivity contribution in [2.45, 2.75) is 31.8 Å². The lowest BCUT2D eigenvalue weighted by atomic mass is 10.1. The molecule has 1 unspecified atom stereocenters. The molecule has 0 radical (unpaired) electrons. The van der Waals surface area contributed by atoms with Crippen LogP contribution in [0, 0.1) is 0 Å². The van der Waals surface area contributed by atoms with Crippen molar-refractivity contribution in [3.05, 3.63) is 35.9 Å². The minimum Gasteiger partial charge on any atom is -0.381 e. The van der Waals surface area contributed by atoms with Gasteiger partial charge in [0.15, 0.2) is 0 Å². The molecule has 1 atom stereocenters. The van der Waals surface area contributed by atoms with Gasteiger partial charge < -0.3 is 15.4 Å². The van der Waals surface area contributed by atoms with E-state index in [2.05, 4.69) is 10.6 Å². The molecule has 19 heavy (non-hydrogen) atoms. The first-order chi connectivity index (χ1) is 9.34. The first kappa shape index (κ1) is 14.0. The maximum absolute atomic E-state index is 11.7. The number of benzene rings is 1. The summed E-state index contributed by atoms with van der Waals surface area (Å²) in [6.45, 7) is 2.62. The Morgan fingerprint density at radius 2 is 2.05 bits per heavy atom. The monoisotopic (exact) mass is 262 g/mol. The highest BCUT2D eigenvalue weighted by Gasteiger charge is 2.12. The summed E-state index contributed by atoms with van der Waals surface area (Å²) in [6, 6.07) is 10.4. The third-order valence-corrected chi connectivity index (χ3v) is 3.34. The van der Waals surface area contributed by atoms with E-state index in [-0.39, 0.29) is 5.91 Å². The lowest BCUT2D eigenvalue weighted by molar-refractivity contribution is -0.120. The normalized spacial score (nSPS) is 19.7. The predicted molar refractivity (Wildman–Crippen MR) is 74.7 cm³/mol. The van der Waals surface area contributed by atoms with Crippen LogP contribution in [-0.2, 0) is 16.1 Å². The first-order valence-electron chi connectivity index (χ1n) is 6.96. The van der Waals surface area contributed by atoms with E-state index < -0.39 is 0 Å². The Morgan fingerprint density at radius 3 is 2.89 bits per heavy atom. The number of amides is 1. The SMILES string of the molecule is O=C(CNC1CCCOCC1)NCc1ccccc1. The van der Waals surface area contributed by atoms with Crippen LogP contribution in [0.1, 0.15) is 24.8 Å². The van der Waals surface area contributed by atoms with E-state index in [1.54, 1.807) is 0 Å². The number of ether oxygens (including phenoxy) is 1. The Hall–Kier alpha value is -1.39. The Bertz CT molecular complexity index is 373. The third kappa shape index (κ3) is 5.41. The van der Waals surface area contributed by atoms with Crippen LogP contribution in [0.4, 0.5) is 0 Å². The summed E-state index contributed by atoms with van der Waals surface area (Å²) in [6.07, 6.45) is 3.15. The van der Waals surface area contributed by atoms with Gasteiger partial charge in [0, 0.05) is 25.8 Å². The van der Waals surface area contributed by atoms with Crippen molar-refractivity contribution in [3.8, 4) is 0 Å². The van der Waals surface area contributed by atoms with E-state index in [1.165, 1.54) is 0 Å². The molecule has 1 aliphatic rings. The van der Waals surface area contributed by atoms with Crippen LogP contribution in [0.2, 0.25) is 0 Å². The summed E-state index contributed by atoms with van der Waals surface area (Å²) >= 11 is 0. The zero-order valence-corrected chi connectivity index (χ0v) is 11.2. The fourth-order valence-corrected chi connectivity index (χ4v) is 2.20. The van der Waals surface area contributed by atoms with Gasteiger partial charge in [0.1, 0.15) is 0 Å². The van der Waals surface area contributed by atoms with Gasteiger partial charge in [-0.3, -0.25) is 4.79 Å². The van der Waals surface area contributed by atoms with Crippen molar-refractivity contribution in [2.24, 2.45) is 0 Å². The molecule has 2 rings (SSSR count). The summed E-state index contributed by atoms with van der Waals surface area (Å²) in [5.74, 6) is 0.0500. The van der Waals surface area contributed by atoms with Crippen molar-refractivity contribution >= 4 is 5.91 Å². The van der Waals surface area contributed by atoms with Gasteiger partial charge in [0.05, 0.1) is 6.54 Å². The molecule has 0 aliphatic carbocycles. The van der Waals surface area contributed by atoms with Gasteiger partial charge in [0.2, 0.25) is 5.91 Å². The van der Waals surface area contributed by atoms with Gasteiger partial charge in [-0.1, -0.05) is 30.3 Å². The van der Waals surface area contributed by atoms with E-state index in [4.69, 9.17) is 4.74 Å². The lowest BCUT2D eigenvalue weighted by Gasteiger charge is -2.15. The maximum atomic E-state index is 11.7. The Kier molecular flexibility index (Phi) is 5.85. The molecule has 1 aliphatic heterocycles. The predicted octanol–water partition coefficient (Wildman–Crippen LogP) is 1.46. The number of carbonyl (C=O) groups excluding carboxylic acids is 1. The quantitative estimate of drug-likeness (QED) is 0.844. The molecule has 1 aromatic carbocycles. The van der Waals surface area contributed by atoms with E-state index in [9.17, 15) is 4.79 Å². The molecular weight excluding hydrogens is 240 g/mol. The molecule has 1 heterocycles. The zero-order valence-electron chi connectivity index (χ0n) is 11.2. The second-order valence-electron chi connectivity index (χ2n) is 4.88. The van der Waals surface area contributed by atoms with Crippen LogP contribution in [-0.4, -0.2) is 31.7 Å². The Morgan fingerprint density at radius 1 is 1.21 bits per heavy atom. The van der Waals surface area contributed by atoms with Crippen LogP contribution in [0.25, 0.3) is 0 Å². The highest BCUT2D eigenvalue weighted by molar-refractivity contribution is 5.78. The average molecular weight is 262 g/mol. The molecule has 1 aromatic rings. The van der Waals surface area contributed by atoms with Crippen LogP contribution < -0.4 is 10.6 Å². The molecule has 0 spiro atoms. The van der Waals surface area contributed by atoms with Gasteiger partial charge in [-0.15, -0.1) is 0 Å². The average Bonchev–Trinajstić information content (AvgIpc) is 2.73. The number of hydrogen-bond acceptors (Lipinski definition) is 3. The number of nitrogens with one attached hydrogen (secondary N) is 2. The van der Waals surface area contributed by atoms with E-state index >= 15 is 0 Å². The fraction of sp³-hybridized carbons (Fsp3) is 0.533. The van der Waals surface area contributed by atoms with Gasteiger partial charge in [-0.05, 0) is 24.8 Å². The highest BCUT2D eigenvalue weighted by atomic mass is 16.5. The highest BCUT2D eigenvalue weighted by Crippen LogP contribution is 2.07. The van der Waals surface area contributed by atoms with Gasteiger partial charge >= 0.3 is 0 Å². The molecule has 0 saturated carbocycles. The molecule has 4 nitrogen and oxygen atoms in total. The van der Waals surface area contributed by atoms with Crippen molar-refractivity contribution in [2.75, 3.05) is 19.8 Å². The second kappa shape index (κ2) is 7.92. The molecule has 104 valence electrons. The summed E-state index contributed by atoms with van der Waals surface area (Å²) in [7, 11) is 0. The van der Waals surface area contributed by atoms with E-state index in [0.717, 1.165) is 38.0 Å². The van der Waals surface area contributed by atoms with Crippen LogP contribution >= 0.6 is 0 Å². The summed E-state index contributed by atoms with van der Waals surface area (Å²) in [5.41, 5.74) is 1.12. The first-order valence-corrected chi connectivity index (χ1v) is 6.96. The van der Waals surface area contributed by atoms with Gasteiger partial charge in [0.25, 0.3) is 0 Å². The van der Waals surface area contributed by atoms with Crippen molar-refractivity contribution < 1.29 is 9.53 Å². The standard InChI is InChI=1S/C15H22N2O2/c18-15(17-11-13-5-2-1-3-6-13)12-16-14-7-4-9-19-10-8-14/h1-3,5-6,14,16H,4,7-12H2,(H,17,18). The molecular formula is C15H22N2O2. The molecule has 1 fully saturated rings. The summed E-state index contributed by atoms with van der Waals surface area (Å²) < 4.78 is 5.40. The molecule has 2 N–H and O–H groups in total. The Balaban J connectivity index is 1.64. The van der Waals surface area contributed by atoms with Crippen LogP contribution in [0.15, 0.2) is 30.3 Å². The number of carbonyl (C=O) groups is 1. The van der Waals surface area contributed by atoms with E-state index in [1.807, 2.05) is 30.3 Å². The molecule has 4 heteroatoms. The van der Waals surface area contributed by atoms with E-state index in [0.29, 0.717) is 19.1 Å². The zero-order chi connectivity index (χ0) is 13.3. The Labute approximate surface area is 114 Å². The topological polar surface area (TPSA) is 50.4 Å². The fourth-order valence-electron chi connectivity index (χ4n) is 2.20. The minimum absolute atomic E-state index is 0.0500. The molecule has 1 amide bonds. The van der Waals surface area contributed by atoms with Crippen LogP contribution in [0.3, 0.4) is 0 Å². The number of rotatable bonds is 5. The molecule has 0 aromatic heterocycles. The van der Waals surface area contributed by atoms with Gasteiger partial charge in [-0.25, -0.2) is 0 Å². The smallest absolute Gasteiger partial charge is 0.234 e. The lowest BCUT2D eigenvalue weighted by Crippen LogP contribution is -2.39. The summed E-state index contributed by atoms with van der Waals surface area (Å²) in [4.78, 5) is 11.7. The largest absolute Gasteiger partial charge is 0.381 e. The van der Waals surface area contributed by atoms with Crippen molar-refractivity contribution in [1.82, 2.24) is 10.6 Å². The van der Waals surface area contributed by atoms with Crippen molar-refractivity contribution in [1.29, 1.82) is 0 Å². The summed E-state index contributed by atoms with van der Waals surface area (Å²) in [5, 5.41) is 6.23. The second-order valence-corrected chi connectivity index (χ2v) is 4.88. The van der Waals surface area contributed by atoms with Crippen molar-refractivity contribution in [3.63, 3.8) is 0 Å².